The van der Waals surface area contributed by atoms with Gasteiger partial charge in [-0.05, 0) is 44.6 Å². The van der Waals surface area contributed by atoms with Crippen molar-refractivity contribution < 1.29 is 74.1 Å². The van der Waals surface area contributed by atoms with Crippen molar-refractivity contribution in [1.29, 1.82) is 0 Å². The van der Waals surface area contributed by atoms with Gasteiger partial charge in [0.1, 0.15) is 18.3 Å². The number of nitrogens with two attached hydrogens (primary N) is 1. The van der Waals surface area contributed by atoms with Gasteiger partial charge in [-0.25, -0.2) is 9.59 Å². The number of ether oxygens (including phenoxy) is 5. The second kappa shape index (κ2) is 21.7. The molecule has 0 radical (unpaired) electrons. The van der Waals surface area contributed by atoms with Crippen LogP contribution in [0.1, 0.15) is 33.1 Å². The molecule has 5 aliphatic rings. The summed E-state index contributed by atoms with van der Waals surface area (Å²) in [5.41, 5.74) is 6.51. The fourth-order valence-corrected chi connectivity index (χ4v) is 10.6. The Morgan fingerprint density at radius 3 is 2.55 bits per heavy atom. The van der Waals surface area contributed by atoms with Crippen LogP contribution < -0.4 is 11.1 Å². The number of nitrogens with one attached hydrogen (secondary N) is 1. The molecule has 1 saturated carbocycles. The molecular weight excluding hydrogens is 829 g/mol. The molecule has 5 rings (SSSR count). The lowest BCUT2D eigenvalue weighted by molar-refractivity contribution is -0.413. The molecule has 0 aromatic carbocycles. The van der Waals surface area contributed by atoms with Crippen molar-refractivity contribution in [2.75, 3.05) is 51.0 Å². The number of hydrogen-bond donors (Lipinski definition) is 10. The average molecular weight is 887 g/mol. The monoisotopic (exact) mass is 886 g/mol. The summed E-state index contributed by atoms with van der Waals surface area (Å²) in [5, 5.41) is 86.1. The molecule has 1 aliphatic carbocycles. The minimum atomic E-state index is -2.94. The highest BCUT2D eigenvalue weighted by Crippen LogP contribution is 2.42. The van der Waals surface area contributed by atoms with Gasteiger partial charge in [-0.2, -0.15) is 0 Å². The van der Waals surface area contributed by atoms with Crippen LogP contribution in [-0.2, 0) is 33.3 Å². The molecule has 0 amide bonds. The number of aliphatic hydroxyl groups excluding tert-OH is 5. The first-order chi connectivity index (χ1) is 28.7. The Kier molecular flexibility index (Phi) is 17.3. The van der Waals surface area contributed by atoms with Gasteiger partial charge in [0.15, 0.2) is 18.4 Å². The largest absolute Gasteiger partial charge is 0.478 e. The van der Waals surface area contributed by atoms with Gasteiger partial charge < -0.3 is 80.5 Å². The Balaban J connectivity index is 1.62. The topological polar surface area (TPSA) is 296 Å². The molecule has 11 N–H and O–H groups in total. The van der Waals surface area contributed by atoms with Crippen molar-refractivity contribution in [1.82, 2.24) is 10.2 Å². The highest BCUT2D eigenvalue weighted by Gasteiger charge is 2.57. The summed E-state index contributed by atoms with van der Waals surface area (Å²) in [7, 11) is 2.98. The maximum absolute atomic E-state index is 14.3. The van der Waals surface area contributed by atoms with E-state index in [2.05, 4.69) is 16.9 Å². The molecule has 0 aromatic rings. The number of allylic oxidation sites excluding steroid dienone is 1. The number of carbonyl (C=O) groups excluding carboxylic acids is 1. The van der Waals surface area contributed by atoms with Crippen LogP contribution in [-0.4, -0.2) is 170 Å². The van der Waals surface area contributed by atoms with Crippen molar-refractivity contribution in [3.8, 4) is 0 Å². The lowest BCUT2D eigenvalue weighted by atomic mass is 9.83. The van der Waals surface area contributed by atoms with Gasteiger partial charge >= 0.3 is 11.9 Å². The second-order valence-corrected chi connectivity index (χ2v) is 17.9. The van der Waals surface area contributed by atoms with Crippen LogP contribution >= 0.6 is 21.6 Å². The van der Waals surface area contributed by atoms with E-state index in [0.29, 0.717) is 36.3 Å². The number of esters is 1. The third-order valence-electron chi connectivity index (χ3n) is 11.1. The molecule has 11 atom stereocenters. The van der Waals surface area contributed by atoms with Gasteiger partial charge in [0.25, 0.3) is 0 Å². The first kappa shape index (κ1) is 47.9. The molecule has 21 heteroatoms. The summed E-state index contributed by atoms with van der Waals surface area (Å²) >= 11 is 0. The first-order valence-electron chi connectivity index (χ1n) is 19.8. The molecule has 1 saturated heterocycles. The number of rotatable bonds is 13. The van der Waals surface area contributed by atoms with Crippen LogP contribution in [0.15, 0.2) is 64.7 Å². The number of nitrogens with zero attached hydrogens (tertiary/aromatic N) is 2. The van der Waals surface area contributed by atoms with Crippen LogP contribution in [0.5, 0.6) is 0 Å². The molecule has 0 spiro atoms. The van der Waals surface area contributed by atoms with Crippen LogP contribution in [0.25, 0.3) is 0 Å². The third kappa shape index (κ3) is 11.1. The standard InChI is InChI=1S/C39H58N4O15S2/c1-4-24-25-8-6-21-12-43(13-26(34(49)50)31(21)42-38(40)41-10-5-11-44)23(15-46)18-59-60-19-28-22(14-45)7-9-29(28)56-35(51)27(25)17-54-36(24)58-37-33(55-20(2)3)39(52,53)32(48)30(16-47)57-37/h4,6,8,13,17,20,22-25,28-30,32-33,36-37,44-48,52-53H,1,5,7,9-12,14-16,18-19H2,2-3H3,(H,49,50)(H3,40,41,42)/b8-6+/t22-,23-,24+,25-,28+,29+,30+,32+,33-,36-,37-/m0/s1. The lowest BCUT2D eigenvalue weighted by Crippen LogP contribution is -2.69. The summed E-state index contributed by atoms with van der Waals surface area (Å²) in [4.78, 5) is 33.0. The quantitative estimate of drug-likeness (QED) is 0.0208. The zero-order chi connectivity index (χ0) is 43.7. The molecule has 0 unspecified atom stereocenters. The normalized spacial score (nSPS) is 34.4. The van der Waals surface area contributed by atoms with E-state index < -0.39 is 85.3 Å². The van der Waals surface area contributed by atoms with Gasteiger partial charge in [0.2, 0.25) is 12.1 Å². The Hall–Kier alpha value is -3.19. The first-order valence-corrected chi connectivity index (χ1v) is 22.3. The number of aliphatic carboxylic acids is 1. The van der Waals surface area contributed by atoms with Gasteiger partial charge in [0.05, 0.1) is 54.4 Å². The predicted octanol–water partition coefficient (Wildman–Crippen LogP) is -0.718. The predicted molar refractivity (Wildman–Crippen MR) is 219 cm³/mol. The highest BCUT2D eigenvalue weighted by atomic mass is 33.1. The molecule has 60 heavy (non-hydrogen) atoms. The van der Waals surface area contributed by atoms with Crippen LogP contribution in [0.3, 0.4) is 0 Å². The zero-order valence-electron chi connectivity index (χ0n) is 33.5. The van der Waals surface area contributed by atoms with E-state index in [1.54, 1.807) is 30.9 Å². The summed E-state index contributed by atoms with van der Waals surface area (Å²) in [6.07, 6.45) is -0.647. The Bertz CT molecular complexity index is 1670. The molecule has 4 aliphatic heterocycles. The SMILES string of the molecule is C=C[C@H]1[C@H](O[C@@H]2O[C@H](CO)[C@@H](O)C(O)(O)[C@H]2OC(C)C)OC=C2C(=O)O[C@@H]3CC[C@@H](CO)[C@H]3CSSC[C@H](CO)N3C=C(C(=O)O)C(NC(N)=NCCCO)=C(/C=C/[C@H]21)C3. The Morgan fingerprint density at radius 1 is 1.15 bits per heavy atom. The van der Waals surface area contributed by atoms with E-state index in [9.17, 15) is 50.4 Å². The number of hydrogen-bond acceptors (Lipinski definition) is 18. The van der Waals surface area contributed by atoms with E-state index in [-0.39, 0.29) is 67.5 Å². The van der Waals surface area contributed by atoms with Crippen LogP contribution in [0.2, 0.25) is 0 Å². The Morgan fingerprint density at radius 2 is 1.90 bits per heavy atom. The van der Waals surface area contributed by atoms with E-state index in [4.69, 9.17) is 29.4 Å². The van der Waals surface area contributed by atoms with Crippen molar-refractivity contribution >= 4 is 39.5 Å². The molecule has 4 heterocycles. The van der Waals surface area contributed by atoms with Crippen LogP contribution in [0.4, 0.5) is 0 Å². The molecule has 2 bridgehead atoms. The van der Waals surface area contributed by atoms with Crippen LogP contribution in [0, 0.1) is 23.7 Å². The average Bonchev–Trinajstić information content (AvgIpc) is 3.60. The number of carboxylic acids is 1. The van der Waals surface area contributed by atoms with Crippen molar-refractivity contribution in [3.05, 3.63) is 59.7 Å². The minimum Gasteiger partial charge on any atom is -0.478 e. The summed E-state index contributed by atoms with van der Waals surface area (Å²) in [5.74, 6) is -6.42. The molecular formula is C39H58N4O15S2. The maximum Gasteiger partial charge on any atom is 0.339 e. The number of carbonyl (C=O) groups is 2. The lowest BCUT2D eigenvalue weighted by Gasteiger charge is -2.48. The van der Waals surface area contributed by atoms with Crippen molar-refractivity contribution in [2.45, 2.75) is 88.0 Å². The number of fused-ring (bicyclic) bond motifs is 4. The minimum absolute atomic E-state index is 0.0354. The van der Waals surface area contributed by atoms with E-state index in [1.807, 2.05) is 0 Å². The van der Waals surface area contributed by atoms with Crippen molar-refractivity contribution in [2.24, 2.45) is 34.4 Å². The third-order valence-corrected chi connectivity index (χ3v) is 13.6. The fourth-order valence-electron chi connectivity index (χ4n) is 7.78. The second-order valence-electron chi connectivity index (χ2n) is 15.4. The fraction of sp³-hybridized carbons (Fsp3) is 0.667. The van der Waals surface area contributed by atoms with E-state index in [1.165, 1.54) is 33.9 Å². The summed E-state index contributed by atoms with van der Waals surface area (Å²) < 4.78 is 30.0. The highest BCUT2D eigenvalue weighted by molar-refractivity contribution is 8.76. The van der Waals surface area contributed by atoms with E-state index in [0.717, 1.165) is 6.26 Å². The van der Waals surface area contributed by atoms with Gasteiger partial charge in [0, 0.05) is 55.8 Å². The number of aliphatic hydroxyl groups is 7. The van der Waals surface area contributed by atoms with E-state index >= 15 is 0 Å². The van der Waals surface area contributed by atoms with Gasteiger partial charge in [-0.1, -0.05) is 39.8 Å². The maximum atomic E-state index is 14.3. The molecule has 2 fully saturated rings. The zero-order valence-corrected chi connectivity index (χ0v) is 35.2. The summed E-state index contributed by atoms with van der Waals surface area (Å²) in [6.45, 7) is 6.11. The molecule has 0 aromatic heterocycles. The van der Waals surface area contributed by atoms with Gasteiger partial charge in [-0.3, -0.25) is 4.99 Å². The van der Waals surface area contributed by atoms with Crippen molar-refractivity contribution in [3.63, 3.8) is 0 Å². The molecule has 336 valence electrons. The number of aliphatic imine (C=N–C) groups is 1. The summed E-state index contributed by atoms with van der Waals surface area (Å²) in [6, 6.07) is -0.531. The Labute approximate surface area is 356 Å². The number of carboxylic acid groups (broad SMARTS) is 1. The molecule has 19 nitrogen and oxygen atoms in total. The van der Waals surface area contributed by atoms with Gasteiger partial charge in [-0.15, -0.1) is 6.58 Å². The number of guanidine groups is 1. The smallest absolute Gasteiger partial charge is 0.339 e.